The van der Waals surface area contributed by atoms with Gasteiger partial charge in [-0.3, -0.25) is 14.3 Å². The number of hydrogen-bond acceptors (Lipinski definition) is 5. The van der Waals surface area contributed by atoms with Crippen LogP contribution in [0.1, 0.15) is 6.92 Å². The minimum absolute atomic E-state index is 0.00375. The molecule has 2 aromatic carbocycles. The molecule has 1 fully saturated rings. The third-order valence-electron chi connectivity index (χ3n) is 5.19. The smallest absolute Gasteiger partial charge is 0.244 e. The van der Waals surface area contributed by atoms with E-state index >= 15 is 0 Å². The molecule has 150 valence electrons. The second-order valence-electron chi connectivity index (χ2n) is 6.95. The zero-order valence-corrected chi connectivity index (χ0v) is 16.5. The van der Waals surface area contributed by atoms with Gasteiger partial charge in [-0.25, -0.2) is 0 Å². The molecule has 0 radical (unpaired) electrons. The van der Waals surface area contributed by atoms with Gasteiger partial charge in [-0.05, 0) is 31.2 Å². The van der Waals surface area contributed by atoms with Gasteiger partial charge >= 0.3 is 0 Å². The zero-order valence-electron chi connectivity index (χ0n) is 16.5. The minimum Gasteiger partial charge on any atom is -0.492 e. The van der Waals surface area contributed by atoms with Crippen LogP contribution in [0.15, 0.2) is 59.5 Å². The summed E-state index contributed by atoms with van der Waals surface area (Å²) in [7, 11) is 0. The number of rotatable bonds is 5. The van der Waals surface area contributed by atoms with Crippen molar-refractivity contribution in [3.8, 4) is 5.75 Å². The molecule has 4 rings (SSSR count). The number of benzene rings is 2. The third-order valence-corrected chi connectivity index (χ3v) is 5.19. The summed E-state index contributed by atoms with van der Waals surface area (Å²) < 4.78 is 7.34. The van der Waals surface area contributed by atoms with Crippen molar-refractivity contribution in [2.24, 2.45) is 0 Å². The van der Waals surface area contributed by atoms with Crippen LogP contribution in [-0.2, 0) is 11.3 Å². The Labute approximate surface area is 169 Å². The number of ether oxygens (including phenoxy) is 1. The van der Waals surface area contributed by atoms with Crippen LogP contribution in [0.2, 0.25) is 0 Å². The molecule has 0 bridgehead atoms. The van der Waals surface area contributed by atoms with E-state index in [0.29, 0.717) is 30.6 Å². The Balaban J connectivity index is 1.44. The van der Waals surface area contributed by atoms with Crippen LogP contribution in [0.25, 0.3) is 10.9 Å². The summed E-state index contributed by atoms with van der Waals surface area (Å²) >= 11 is 0. The molecule has 0 atom stereocenters. The Morgan fingerprint density at radius 3 is 2.55 bits per heavy atom. The summed E-state index contributed by atoms with van der Waals surface area (Å²) in [5, 5.41) is 4.74. The van der Waals surface area contributed by atoms with Gasteiger partial charge in [0.25, 0.3) is 0 Å². The number of piperazine rings is 1. The van der Waals surface area contributed by atoms with Crippen molar-refractivity contribution in [2.75, 3.05) is 37.7 Å². The standard InChI is InChI=1S/C22H24N4O3/c1-2-29-21-10-6-5-9-19(21)24-11-13-25(14-12-24)22(28)16-26-18-8-4-3-7-17(18)20(27)15-23-26/h3-10,15H,2,11-14,16H2,1H3. The minimum atomic E-state index is -0.133. The number of anilines is 1. The first-order valence-corrected chi connectivity index (χ1v) is 9.87. The van der Waals surface area contributed by atoms with E-state index in [4.69, 9.17) is 4.74 Å². The molecule has 2 heterocycles. The lowest BCUT2D eigenvalue weighted by atomic mass is 10.2. The predicted octanol–water partition coefficient (Wildman–Crippen LogP) is 2.14. The number of fused-ring (bicyclic) bond motifs is 1. The van der Waals surface area contributed by atoms with E-state index in [-0.39, 0.29) is 17.9 Å². The first-order valence-electron chi connectivity index (χ1n) is 9.87. The maximum absolute atomic E-state index is 12.9. The molecule has 7 nitrogen and oxygen atoms in total. The lowest BCUT2D eigenvalue weighted by molar-refractivity contribution is -0.132. The second kappa shape index (κ2) is 8.34. The monoisotopic (exact) mass is 392 g/mol. The molecular weight excluding hydrogens is 368 g/mol. The molecule has 0 aliphatic carbocycles. The highest BCUT2D eigenvalue weighted by molar-refractivity contribution is 5.81. The number of nitrogens with zero attached hydrogens (tertiary/aromatic N) is 4. The van der Waals surface area contributed by atoms with Gasteiger partial charge in [0.05, 0.1) is 24.0 Å². The van der Waals surface area contributed by atoms with E-state index in [1.54, 1.807) is 10.7 Å². The predicted molar refractivity (Wildman–Crippen MR) is 112 cm³/mol. The van der Waals surface area contributed by atoms with Crippen LogP contribution < -0.4 is 15.1 Å². The van der Waals surface area contributed by atoms with E-state index in [9.17, 15) is 9.59 Å². The fraction of sp³-hybridized carbons (Fsp3) is 0.318. The number of para-hydroxylation sites is 3. The topological polar surface area (TPSA) is 67.7 Å². The van der Waals surface area contributed by atoms with E-state index < -0.39 is 0 Å². The highest BCUT2D eigenvalue weighted by atomic mass is 16.5. The Morgan fingerprint density at radius 1 is 1.03 bits per heavy atom. The molecule has 1 amide bonds. The van der Waals surface area contributed by atoms with Crippen LogP contribution in [-0.4, -0.2) is 53.4 Å². The average molecular weight is 392 g/mol. The van der Waals surface area contributed by atoms with Gasteiger partial charge in [-0.1, -0.05) is 24.3 Å². The van der Waals surface area contributed by atoms with Crippen molar-refractivity contribution in [3.05, 3.63) is 65.0 Å². The quantitative estimate of drug-likeness (QED) is 0.666. The molecular formula is C22H24N4O3. The number of aromatic nitrogens is 2. The van der Waals surface area contributed by atoms with Gasteiger partial charge in [0, 0.05) is 31.6 Å². The fourth-order valence-electron chi connectivity index (χ4n) is 3.71. The maximum atomic E-state index is 12.9. The molecule has 0 spiro atoms. The Kier molecular flexibility index (Phi) is 5.46. The molecule has 1 saturated heterocycles. The van der Waals surface area contributed by atoms with Crippen molar-refractivity contribution < 1.29 is 9.53 Å². The number of carbonyl (C=O) groups excluding carboxylic acids is 1. The summed E-state index contributed by atoms with van der Waals surface area (Å²) in [6, 6.07) is 15.2. The molecule has 7 heteroatoms. The first-order chi connectivity index (χ1) is 14.2. The van der Waals surface area contributed by atoms with E-state index in [1.165, 1.54) is 6.20 Å². The van der Waals surface area contributed by atoms with Gasteiger partial charge in [0.2, 0.25) is 11.3 Å². The van der Waals surface area contributed by atoms with Crippen molar-refractivity contribution >= 4 is 22.5 Å². The van der Waals surface area contributed by atoms with E-state index in [0.717, 1.165) is 24.5 Å². The summed E-state index contributed by atoms with van der Waals surface area (Å²) in [5.41, 5.74) is 1.61. The molecule has 0 N–H and O–H groups in total. The second-order valence-corrected chi connectivity index (χ2v) is 6.95. The SMILES string of the molecule is CCOc1ccccc1N1CCN(C(=O)Cn2ncc(=O)c3ccccc32)CC1. The van der Waals surface area contributed by atoms with Crippen molar-refractivity contribution in [1.29, 1.82) is 0 Å². The molecule has 3 aromatic rings. The van der Waals surface area contributed by atoms with Gasteiger partial charge in [-0.2, -0.15) is 5.10 Å². The lowest BCUT2D eigenvalue weighted by Crippen LogP contribution is -2.49. The highest BCUT2D eigenvalue weighted by Gasteiger charge is 2.23. The fourth-order valence-corrected chi connectivity index (χ4v) is 3.71. The molecule has 0 unspecified atom stereocenters. The Morgan fingerprint density at radius 2 is 1.76 bits per heavy atom. The van der Waals surface area contributed by atoms with Crippen LogP contribution in [0.4, 0.5) is 5.69 Å². The molecule has 29 heavy (non-hydrogen) atoms. The van der Waals surface area contributed by atoms with Gasteiger partial charge < -0.3 is 14.5 Å². The van der Waals surface area contributed by atoms with E-state index in [1.807, 2.05) is 48.2 Å². The Bertz CT molecular complexity index is 1070. The highest BCUT2D eigenvalue weighted by Crippen LogP contribution is 2.28. The van der Waals surface area contributed by atoms with Gasteiger partial charge in [0.1, 0.15) is 12.3 Å². The van der Waals surface area contributed by atoms with Crippen molar-refractivity contribution in [1.82, 2.24) is 14.7 Å². The summed E-state index contributed by atoms with van der Waals surface area (Å²) in [4.78, 5) is 28.9. The molecule has 1 aliphatic heterocycles. The van der Waals surface area contributed by atoms with Crippen LogP contribution in [0.3, 0.4) is 0 Å². The number of hydrogen-bond donors (Lipinski definition) is 0. The molecule has 1 aliphatic rings. The van der Waals surface area contributed by atoms with Crippen LogP contribution >= 0.6 is 0 Å². The Hall–Kier alpha value is -3.35. The zero-order chi connectivity index (χ0) is 20.2. The lowest BCUT2D eigenvalue weighted by Gasteiger charge is -2.36. The van der Waals surface area contributed by atoms with Crippen molar-refractivity contribution in [3.63, 3.8) is 0 Å². The number of carbonyl (C=O) groups is 1. The average Bonchev–Trinajstić information content (AvgIpc) is 2.77. The van der Waals surface area contributed by atoms with Crippen LogP contribution in [0.5, 0.6) is 5.75 Å². The molecule has 0 saturated carbocycles. The van der Waals surface area contributed by atoms with Crippen LogP contribution in [0, 0.1) is 0 Å². The maximum Gasteiger partial charge on any atom is 0.244 e. The number of amides is 1. The van der Waals surface area contributed by atoms with Gasteiger partial charge in [0.15, 0.2) is 0 Å². The third kappa shape index (κ3) is 3.94. The normalized spacial score (nSPS) is 14.2. The van der Waals surface area contributed by atoms with Crippen molar-refractivity contribution in [2.45, 2.75) is 13.5 Å². The van der Waals surface area contributed by atoms with Gasteiger partial charge in [-0.15, -0.1) is 0 Å². The summed E-state index contributed by atoms with van der Waals surface area (Å²) in [6.07, 6.45) is 1.28. The largest absolute Gasteiger partial charge is 0.492 e. The summed E-state index contributed by atoms with van der Waals surface area (Å²) in [6.45, 7) is 5.48. The summed E-state index contributed by atoms with van der Waals surface area (Å²) in [5.74, 6) is 0.878. The molecule has 1 aromatic heterocycles. The first kappa shape index (κ1) is 19.0. The van der Waals surface area contributed by atoms with E-state index in [2.05, 4.69) is 16.1 Å².